The summed E-state index contributed by atoms with van der Waals surface area (Å²) in [5.74, 6) is 0.110. The average Bonchev–Trinajstić information content (AvgIpc) is 2.94. The van der Waals surface area contributed by atoms with Crippen molar-refractivity contribution in [2.45, 2.75) is 6.04 Å². The van der Waals surface area contributed by atoms with E-state index in [1.807, 2.05) is 14.1 Å². The number of furan rings is 1. The first-order valence-corrected chi connectivity index (χ1v) is 8.28. The second kappa shape index (κ2) is 7.66. The second-order valence-corrected chi connectivity index (χ2v) is 6.71. The first-order valence-electron chi connectivity index (χ1n) is 7.49. The zero-order valence-corrected chi connectivity index (χ0v) is 15.5. The number of carbonyl (C=O) groups excluding carboxylic acids is 1. The van der Waals surface area contributed by atoms with E-state index in [-0.39, 0.29) is 11.9 Å². The quantitative estimate of drug-likeness (QED) is 0.802. The Morgan fingerprint density at radius 3 is 2.35 bits per heavy atom. The Morgan fingerprint density at radius 1 is 1.22 bits per heavy atom. The van der Waals surface area contributed by atoms with Crippen molar-refractivity contribution < 1.29 is 14.1 Å². The van der Waals surface area contributed by atoms with E-state index in [1.54, 1.807) is 12.1 Å². The highest BCUT2D eigenvalue weighted by atomic mass is 79.9. The van der Waals surface area contributed by atoms with Gasteiger partial charge in [-0.2, -0.15) is 0 Å². The van der Waals surface area contributed by atoms with Crippen LogP contribution in [-0.2, 0) is 0 Å². The number of benzene rings is 1. The Morgan fingerprint density at radius 2 is 1.87 bits per heavy atom. The minimum atomic E-state index is -0.202. The molecule has 1 atom stereocenters. The van der Waals surface area contributed by atoms with Crippen LogP contribution in [0.5, 0.6) is 0 Å². The molecule has 0 fully saturated rings. The van der Waals surface area contributed by atoms with Gasteiger partial charge in [0.15, 0.2) is 10.4 Å². The number of nitrogens with zero attached hydrogens (tertiary/aromatic N) is 1. The van der Waals surface area contributed by atoms with Crippen LogP contribution in [0.4, 0.5) is 5.69 Å². The molecule has 2 rings (SSSR count). The number of quaternary nitrogens is 1. The Hall–Kier alpha value is -1.79. The summed E-state index contributed by atoms with van der Waals surface area (Å²) in [4.78, 5) is 15.4. The van der Waals surface area contributed by atoms with E-state index < -0.39 is 0 Å². The van der Waals surface area contributed by atoms with Crippen LogP contribution in [0.2, 0.25) is 0 Å². The number of anilines is 1. The summed E-state index contributed by atoms with van der Waals surface area (Å²) in [6.07, 6.45) is 0. The third-order valence-electron chi connectivity index (χ3n) is 3.77. The zero-order chi connectivity index (χ0) is 17.0. The summed E-state index contributed by atoms with van der Waals surface area (Å²) < 4.78 is 5.83. The van der Waals surface area contributed by atoms with E-state index in [1.165, 1.54) is 10.5 Å². The molecule has 1 amide bonds. The predicted molar refractivity (Wildman–Crippen MR) is 95.1 cm³/mol. The lowest BCUT2D eigenvalue weighted by molar-refractivity contribution is -0.890. The van der Waals surface area contributed by atoms with Crippen molar-refractivity contribution in [1.29, 1.82) is 0 Å². The third kappa shape index (κ3) is 4.59. The van der Waals surface area contributed by atoms with E-state index in [9.17, 15) is 4.79 Å². The number of hydrogen-bond acceptors (Lipinski definition) is 3. The molecule has 0 aliphatic rings. The van der Waals surface area contributed by atoms with Gasteiger partial charge in [0.05, 0.1) is 20.6 Å². The van der Waals surface area contributed by atoms with Crippen molar-refractivity contribution >= 4 is 27.5 Å². The fourth-order valence-electron chi connectivity index (χ4n) is 2.38. The van der Waals surface area contributed by atoms with Gasteiger partial charge < -0.3 is 19.5 Å². The molecule has 0 spiro atoms. The zero-order valence-electron chi connectivity index (χ0n) is 13.9. The summed E-state index contributed by atoms with van der Waals surface area (Å²) >= 11 is 3.20. The predicted octanol–water partition coefficient (Wildman–Crippen LogP) is 1.72. The first-order chi connectivity index (χ1) is 10.9. The van der Waals surface area contributed by atoms with E-state index in [0.29, 0.717) is 17.0 Å². The number of nitrogens with one attached hydrogen (secondary N) is 2. The van der Waals surface area contributed by atoms with Gasteiger partial charge in [0.1, 0.15) is 6.04 Å². The largest absolute Gasteiger partial charge is 0.444 e. The van der Waals surface area contributed by atoms with Crippen LogP contribution in [0.3, 0.4) is 0 Å². The number of rotatable bonds is 6. The van der Waals surface area contributed by atoms with Gasteiger partial charge in [-0.15, -0.1) is 0 Å². The van der Waals surface area contributed by atoms with Gasteiger partial charge in [-0.1, -0.05) is 12.1 Å². The molecular formula is C17H23BrN3O2+. The minimum Gasteiger partial charge on any atom is -0.444 e. The SMILES string of the molecule is CN(C)c1ccc([C@H](CNC(=O)c2ccc(Br)o2)[NH+](C)C)cc1. The third-order valence-corrected chi connectivity index (χ3v) is 4.20. The van der Waals surface area contributed by atoms with Gasteiger partial charge in [-0.25, -0.2) is 0 Å². The summed E-state index contributed by atoms with van der Waals surface area (Å²) in [5, 5.41) is 2.94. The molecule has 2 aromatic rings. The molecule has 124 valence electrons. The molecule has 23 heavy (non-hydrogen) atoms. The molecule has 0 aliphatic heterocycles. The molecular weight excluding hydrogens is 358 g/mol. The van der Waals surface area contributed by atoms with Crippen LogP contribution in [0.25, 0.3) is 0 Å². The topological polar surface area (TPSA) is 49.9 Å². The van der Waals surface area contributed by atoms with Crippen molar-refractivity contribution in [3.05, 3.63) is 52.4 Å². The Bertz CT molecular complexity index is 650. The summed E-state index contributed by atoms with van der Waals surface area (Å²) in [6, 6.07) is 12.0. The van der Waals surface area contributed by atoms with E-state index >= 15 is 0 Å². The van der Waals surface area contributed by atoms with E-state index in [0.717, 1.165) is 5.69 Å². The maximum Gasteiger partial charge on any atom is 0.287 e. The van der Waals surface area contributed by atoms with Gasteiger partial charge in [0.25, 0.3) is 5.91 Å². The highest BCUT2D eigenvalue weighted by Gasteiger charge is 2.20. The van der Waals surface area contributed by atoms with E-state index in [2.05, 4.69) is 64.5 Å². The van der Waals surface area contributed by atoms with E-state index in [4.69, 9.17) is 4.42 Å². The van der Waals surface area contributed by atoms with Gasteiger partial charge in [-0.3, -0.25) is 4.79 Å². The standard InChI is InChI=1S/C17H22BrN3O2/c1-20(2)13-7-5-12(6-8-13)14(21(3)4)11-19-17(22)15-9-10-16(18)23-15/h5-10,14H,11H2,1-4H3,(H,19,22)/p+1/t14-/m0/s1. The maximum absolute atomic E-state index is 12.1. The first kappa shape index (κ1) is 17.6. The molecule has 0 bridgehead atoms. The smallest absolute Gasteiger partial charge is 0.287 e. The molecule has 0 unspecified atom stereocenters. The lowest BCUT2D eigenvalue weighted by Gasteiger charge is -2.23. The fourth-order valence-corrected chi connectivity index (χ4v) is 2.68. The average molecular weight is 381 g/mol. The molecule has 1 aromatic heterocycles. The molecule has 0 aliphatic carbocycles. The number of likely N-dealkylation sites (N-methyl/N-ethyl adjacent to an activating group) is 1. The van der Waals surface area contributed by atoms with Crippen LogP contribution >= 0.6 is 15.9 Å². The summed E-state index contributed by atoms with van der Waals surface area (Å²) in [7, 11) is 8.21. The van der Waals surface area contributed by atoms with Crippen molar-refractivity contribution in [2.75, 3.05) is 39.6 Å². The summed E-state index contributed by atoms with van der Waals surface area (Å²) in [5.41, 5.74) is 2.35. The van der Waals surface area contributed by atoms with Crippen molar-refractivity contribution in [2.24, 2.45) is 0 Å². The van der Waals surface area contributed by atoms with Crippen molar-refractivity contribution in [3.63, 3.8) is 0 Å². The van der Waals surface area contributed by atoms with Crippen LogP contribution in [0, 0.1) is 0 Å². The Labute approximate surface area is 145 Å². The maximum atomic E-state index is 12.1. The molecule has 5 nitrogen and oxygen atoms in total. The van der Waals surface area contributed by atoms with Crippen molar-refractivity contribution in [1.82, 2.24) is 5.32 Å². The number of carbonyl (C=O) groups is 1. The highest BCUT2D eigenvalue weighted by Crippen LogP contribution is 2.17. The van der Waals surface area contributed by atoms with Gasteiger partial charge >= 0.3 is 0 Å². The van der Waals surface area contributed by atoms with Crippen molar-refractivity contribution in [3.8, 4) is 0 Å². The molecule has 6 heteroatoms. The van der Waals surface area contributed by atoms with Gasteiger partial charge in [0.2, 0.25) is 0 Å². The molecule has 1 heterocycles. The van der Waals surface area contributed by atoms with Crippen LogP contribution in [-0.4, -0.2) is 40.6 Å². The molecule has 0 saturated heterocycles. The minimum absolute atomic E-state index is 0.175. The number of amides is 1. The fraction of sp³-hybridized carbons (Fsp3) is 0.353. The monoisotopic (exact) mass is 380 g/mol. The molecule has 1 aromatic carbocycles. The molecule has 0 saturated carbocycles. The molecule has 2 N–H and O–H groups in total. The van der Waals surface area contributed by atoms with Gasteiger partial charge in [-0.05, 0) is 40.2 Å². The molecule has 0 radical (unpaired) electrons. The Balaban J connectivity index is 2.05. The Kier molecular flexibility index (Phi) is 5.85. The lowest BCUT2D eigenvalue weighted by atomic mass is 10.1. The summed E-state index contributed by atoms with van der Waals surface area (Å²) in [6.45, 7) is 0.542. The number of halogens is 1. The normalized spacial score (nSPS) is 12.3. The number of hydrogen-bond donors (Lipinski definition) is 2. The van der Waals surface area contributed by atoms with Gasteiger partial charge in [0, 0.05) is 25.3 Å². The highest BCUT2D eigenvalue weighted by molar-refractivity contribution is 9.10. The van der Waals surface area contributed by atoms with Crippen LogP contribution in [0.15, 0.2) is 45.5 Å². The second-order valence-electron chi connectivity index (χ2n) is 5.93. The lowest BCUT2D eigenvalue weighted by Crippen LogP contribution is -3.07. The van der Waals surface area contributed by atoms with Crippen LogP contribution < -0.4 is 15.1 Å². The van der Waals surface area contributed by atoms with Crippen LogP contribution in [0.1, 0.15) is 22.2 Å².